The summed E-state index contributed by atoms with van der Waals surface area (Å²) in [6.45, 7) is 6.84. The van der Waals surface area contributed by atoms with Crippen molar-refractivity contribution < 1.29 is 31.7 Å². The van der Waals surface area contributed by atoms with Crippen molar-refractivity contribution in [2.75, 3.05) is 17.7 Å². The van der Waals surface area contributed by atoms with Crippen molar-refractivity contribution in [3.05, 3.63) is 114 Å². The molecule has 244 valence electrons. The number of carbonyl (C=O) groups is 2. The Morgan fingerprint density at radius 3 is 2.34 bits per heavy atom. The second kappa shape index (κ2) is 14.3. The van der Waals surface area contributed by atoms with E-state index in [-0.39, 0.29) is 29.9 Å². The molecule has 0 radical (unpaired) electrons. The molecule has 47 heavy (non-hydrogen) atoms. The number of ether oxygens (including phenoxy) is 1. The lowest BCUT2D eigenvalue weighted by Gasteiger charge is -2.20. The summed E-state index contributed by atoms with van der Waals surface area (Å²) < 4.78 is 42.8. The van der Waals surface area contributed by atoms with E-state index in [1.165, 1.54) is 0 Å². The van der Waals surface area contributed by atoms with Crippen molar-refractivity contribution in [3.8, 4) is 17.2 Å². The normalized spacial score (nSPS) is 12.5. The van der Waals surface area contributed by atoms with Crippen LogP contribution >= 0.6 is 0 Å². The van der Waals surface area contributed by atoms with E-state index >= 15 is 0 Å². The van der Waals surface area contributed by atoms with Gasteiger partial charge in [0.05, 0.1) is 18.3 Å². The van der Waals surface area contributed by atoms with Gasteiger partial charge in [0.25, 0.3) is 10.1 Å². The van der Waals surface area contributed by atoms with Gasteiger partial charge in [-0.15, -0.1) is 0 Å². The van der Waals surface area contributed by atoms with Crippen molar-refractivity contribution >= 4 is 38.6 Å². The Labute approximate surface area is 274 Å². The standard InChI is InChI=1S/C37H38N2O7S/c1-37(2,3)24-45-30-19-17-26(18-20-30)31(22-25-13-15-27(16-14-25)33(40)11-7-21-47(42,43)44)35(41)38-29-9-6-8-28(23-29)36-39-32-10-4-5-12-34(32)46-36/h4-6,8-10,12-20,23,31H,7,11,21-22,24H2,1-3H3,(H,38,41)(H,42,43,44). The third kappa shape index (κ3) is 9.60. The molecule has 5 aromatic rings. The molecule has 0 aliphatic heterocycles. The summed E-state index contributed by atoms with van der Waals surface area (Å²) >= 11 is 0. The molecule has 4 aromatic carbocycles. The number of benzene rings is 4. The molecule has 1 amide bonds. The molecule has 0 spiro atoms. The fourth-order valence-electron chi connectivity index (χ4n) is 5.04. The van der Waals surface area contributed by atoms with Crippen LogP contribution in [-0.4, -0.2) is 42.0 Å². The maximum absolute atomic E-state index is 13.9. The monoisotopic (exact) mass is 654 g/mol. The maximum Gasteiger partial charge on any atom is 0.264 e. The number of para-hydroxylation sites is 2. The van der Waals surface area contributed by atoms with E-state index in [1.54, 1.807) is 24.3 Å². The summed E-state index contributed by atoms with van der Waals surface area (Å²) in [7, 11) is -4.12. The van der Waals surface area contributed by atoms with Crippen LogP contribution in [0.2, 0.25) is 0 Å². The van der Waals surface area contributed by atoms with E-state index < -0.39 is 21.8 Å². The Kier molecular flexibility index (Phi) is 10.2. The zero-order chi connectivity index (χ0) is 33.6. The number of anilines is 1. The minimum Gasteiger partial charge on any atom is -0.493 e. The zero-order valence-electron chi connectivity index (χ0n) is 26.6. The number of nitrogens with one attached hydrogen (secondary N) is 1. The fourth-order valence-corrected chi connectivity index (χ4v) is 5.54. The highest BCUT2D eigenvalue weighted by Crippen LogP contribution is 2.29. The Bertz CT molecular complexity index is 1930. The third-order valence-electron chi connectivity index (χ3n) is 7.46. The molecule has 0 aliphatic rings. The quantitative estimate of drug-likeness (QED) is 0.0972. The van der Waals surface area contributed by atoms with E-state index in [0.717, 1.165) is 22.2 Å². The molecule has 1 atom stereocenters. The number of rotatable bonds is 13. The van der Waals surface area contributed by atoms with Gasteiger partial charge in [0, 0.05) is 23.2 Å². The second-order valence-corrected chi connectivity index (χ2v) is 14.3. The first-order chi connectivity index (χ1) is 22.3. The van der Waals surface area contributed by atoms with E-state index in [9.17, 15) is 18.0 Å². The molecular weight excluding hydrogens is 616 g/mol. The van der Waals surface area contributed by atoms with Gasteiger partial charge in [-0.1, -0.05) is 75.4 Å². The smallest absolute Gasteiger partial charge is 0.264 e. The lowest BCUT2D eigenvalue weighted by atomic mass is 9.90. The number of ketones is 1. The van der Waals surface area contributed by atoms with E-state index in [1.807, 2.05) is 72.8 Å². The van der Waals surface area contributed by atoms with E-state index in [2.05, 4.69) is 31.1 Å². The lowest BCUT2D eigenvalue weighted by molar-refractivity contribution is -0.117. The van der Waals surface area contributed by atoms with Crippen LogP contribution < -0.4 is 10.1 Å². The number of nitrogens with zero attached hydrogens (tertiary/aromatic N) is 1. The van der Waals surface area contributed by atoms with Crippen LogP contribution in [0.4, 0.5) is 5.69 Å². The highest BCUT2D eigenvalue weighted by atomic mass is 32.2. The first kappa shape index (κ1) is 33.6. The van der Waals surface area contributed by atoms with Gasteiger partial charge in [0.15, 0.2) is 11.4 Å². The molecule has 0 aliphatic carbocycles. The Morgan fingerprint density at radius 1 is 0.936 bits per heavy atom. The Morgan fingerprint density at radius 2 is 1.66 bits per heavy atom. The van der Waals surface area contributed by atoms with Gasteiger partial charge in [-0.25, -0.2) is 4.98 Å². The first-order valence-electron chi connectivity index (χ1n) is 15.4. The molecule has 0 saturated heterocycles. The number of carbonyl (C=O) groups excluding carboxylic acids is 2. The van der Waals surface area contributed by atoms with Crippen LogP contribution in [-0.2, 0) is 21.3 Å². The average molecular weight is 655 g/mol. The van der Waals surface area contributed by atoms with Crippen LogP contribution in [0.5, 0.6) is 5.75 Å². The Hall–Kier alpha value is -4.80. The molecule has 2 N–H and O–H groups in total. The Balaban J connectivity index is 1.35. The SMILES string of the molecule is CC(C)(C)COc1ccc(C(Cc2ccc(C(=O)CCCS(=O)(=O)O)cc2)C(=O)Nc2cccc(-c3nc4ccccc4o3)c2)cc1. The minimum atomic E-state index is -4.12. The van der Waals surface area contributed by atoms with Crippen LogP contribution in [0.25, 0.3) is 22.6 Å². The van der Waals surface area contributed by atoms with Crippen molar-refractivity contribution in [1.82, 2.24) is 4.98 Å². The molecular formula is C37H38N2O7S. The summed E-state index contributed by atoms with van der Waals surface area (Å²) in [5.41, 5.74) is 4.82. The van der Waals surface area contributed by atoms with Crippen molar-refractivity contribution in [2.24, 2.45) is 5.41 Å². The molecule has 1 aromatic heterocycles. The number of Topliss-reactive ketones (excluding diaryl/α,β-unsaturated/α-hetero) is 1. The molecule has 0 saturated carbocycles. The number of oxazole rings is 1. The topological polar surface area (TPSA) is 136 Å². The summed E-state index contributed by atoms with van der Waals surface area (Å²) in [4.78, 5) is 31.1. The van der Waals surface area contributed by atoms with Gasteiger partial charge in [0.2, 0.25) is 11.8 Å². The number of hydrogen-bond acceptors (Lipinski definition) is 7. The number of fused-ring (bicyclic) bond motifs is 1. The van der Waals surface area contributed by atoms with Crippen molar-refractivity contribution in [3.63, 3.8) is 0 Å². The summed E-state index contributed by atoms with van der Waals surface area (Å²) in [6, 6.07) is 29.3. The van der Waals surface area contributed by atoms with Gasteiger partial charge in [-0.3, -0.25) is 14.1 Å². The lowest BCUT2D eigenvalue weighted by Crippen LogP contribution is -2.23. The molecule has 0 bridgehead atoms. The highest BCUT2D eigenvalue weighted by molar-refractivity contribution is 7.85. The van der Waals surface area contributed by atoms with E-state index in [0.29, 0.717) is 41.5 Å². The zero-order valence-corrected chi connectivity index (χ0v) is 27.4. The maximum atomic E-state index is 13.9. The predicted molar refractivity (Wildman–Crippen MR) is 182 cm³/mol. The van der Waals surface area contributed by atoms with Crippen LogP contribution in [0.15, 0.2) is 101 Å². The van der Waals surface area contributed by atoms with Gasteiger partial charge in [-0.05, 0) is 71.8 Å². The fraction of sp³-hybridized carbons (Fsp3) is 0.270. The van der Waals surface area contributed by atoms with Crippen molar-refractivity contribution in [2.45, 2.75) is 46.0 Å². The molecule has 5 rings (SSSR count). The highest BCUT2D eigenvalue weighted by Gasteiger charge is 2.23. The largest absolute Gasteiger partial charge is 0.493 e. The molecule has 9 nitrogen and oxygen atoms in total. The third-order valence-corrected chi connectivity index (χ3v) is 8.27. The average Bonchev–Trinajstić information content (AvgIpc) is 3.47. The van der Waals surface area contributed by atoms with Crippen molar-refractivity contribution in [1.29, 1.82) is 0 Å². The van der Waals surface area contributed by atoms with Gasteiger partial charge < -0.3 is 14.5 Å². The molecule has 10 heteroatoms. The van der Waals surface area contributed by atoms with Gasteiger partial charge in [-0.2, -0.15) is 8.42 Å². The number of hydrogen-bond donors (Lipinski definition) is 2. The van der Waals surface area contributed by atoms with Crippen LogP contribution in [0.1, 0.15) is 61.0 Å². The predicted octanol–water partition coefficient (Wildman–Crippen LogP) is 7.74. The first-order valence-corrected chi connectivity index (χ1v) is 17.0. The van der Waals surface area contributed by atoms with Gasteiger partial charge in [0.1, 0.15) is 11.3 Å². The number of amides is 1. The van der Waals surface area contributed by atoms with Crippen LogP contribution in [0, 0.1) is 5.41 Å². The van der Waals surface area contributed by atoms with Gasteiger partial charge >= 0.3 is 0 Å². The number of aromatic nitrogens is 1. The molecule has 1 unspecified atom stereocenters. The molecule has 0 fully saturated rings. The summed E-state index contributed by atoms with van der Waals surface area (Å²) in [5.74, 6) is -0.308. The minimum absolute atomic E-state index is 0.00238. The second-order valence-electron chi connectivity index (χ2n) is 12.7. The van der Waals surface area contributed by atoms with Crippen LogP contribution in [0.3, 0.4) is 0 Å². The summed E-state index contributed by atoms with van der Waals surface area (Å²) in [5, 5.41) is 3.07. The summed E-state index contributed by atoms with van der Waals surface area (Å²) in [6.07, 6.45) is 0.386. The molecule has 1 heterocycles. The van der Waals surface area contributed by atoms with E-state index in [4.69, 9.17) is 13.7 Å².